The van der Waals surface area contributed by atoms with Gasteiger partial charge >= 0.3 is 5.97 Å². The molecular weight excluding hydrogens is 340 g/mol. The number of ether oxygens (including phenoxy) is 2. The van der Waals surface area contributed by atoms with Crippen LogP contribution in [0.3, 0.4) is 0 Å². The lowest BCUT2D eigenvalue weighted by molar-refractivity contribution is -0.131. The van der Waals surface area contributed by atoms with Crippen LogP contribution >= 0.6 is 0 Å². The van der Waals surface area contributed by atoms with Crippen molar-refractivity contribution in [3.05, 3.63) is 24.3 Å². The molecule has 0 atom stereocenters. The zero-order valence-electron chi connectivity index (χ0n) is 14.7. The molecule has 8 heteroatoms. The van der Waals surface area contributed by atoms with E-state index in [0.29, 0.717) is 36.1 Å². The Morgan fingerprint density at radius 1 is 1.04 bits per heavy atom. The average Bonchev–Trinajstić information content (AvgIpc) is 3.42. The van der Waals surface area contributed by atoms with Crippen LogP contribution in [0.4, 0.5) is 11.4 Å². The van der Waals surface area contributed by atoms with Crippen LogP contribution in [0.1, 0.15) is 26.7 Å². The molecule has 0 radical (unpaired) electrons. The van der Waals surface area contributed by atoms with Gasteiger partial charge in [0, 0.05) is 30.2 Å². The van der Waals surface area contributed by atoms with E-state index in [1.54, 1.807) is 26.0 Å². The van der Waals surface area contributed by atoms with Crippen molar-refractivity contribution in [2.45, 2.75) is 26.7 Å². The van der Waals surface area contributed by atoms with Crippen molar-refractivity contribution in [1.29, 1.82) is 0 Å². The molecule has 2 rings (SSSR count). The molecule has 0 aromatic heterocycles. The van der Waals surface area contributed by atoms with E-state index in [1.165, 1.54) is 0 Å². The molecule has 1 aromatic rings. The monoisotopic (exact) mass is 362 g/mol. The number of nitrogens with one attached hydrogen (secondary N) is 2. The van der Waals surface area contributed by atoms with Gasteiger partial charge < -0.3 is 25.2 Å². The number of anilines is 2. The summed E-state index contributed by atoms with van der Waals surface area (Å²) in [4.78, 5) is 34.5. The van der Waals surface area contributed by atoms with E-state index in [1.807, 2.05) is 0 Å². The van der Waals surface area contributed by atoms with E-state index in [4.69, 9.17) is 14.6 Å². The fourth-order valence-electron chi connectivity index (χ4n) is 2.21. The normalized spacial score (nSPS) is 13.3. The van der Waals surface area contributed by atoms with Gasteiger partial charge in [0.2, 0.25) is 11.8 Å². The molecule has 140 valence electrons. The molecule has 1 aliphatic rings. The standard InChI is InChI=1S/C18H22N2O6/c1-3-25-14-10-13(20-18(24)11-5-6-11)15(26-4-2)9-12(14)19-16(21)7-8-17(22)23/h7-11H,3-6H2,1-2H3,(H,19,21)(H,20,24)(H,22,23). The lowest BCUT2D eigenvalue weighted by Crippen LogP contribution is -2.15. The zero-order valence-corrected chi connectivity index (χ0v) is 14.7. The minimum Gasteiger partial charge on any atom is -0.492 e. The molecule has 2 amide bonds. The number of rotatable bonds is 9. The number of aliphatic carboxylic acids is 1. The summed E-state index contributed by atoms with van der Waals surface area (Å²) in [6.07, 6.45) is 3.39. The number of hydrogen-bond acceptors (Lipinski definition) is 5. The zero-order chi connectivity index (χ0) is 19.1. The van der Waals surface area contributed by atoms with E-state index in [0.717, 1.165) is 25.0 Å². The van der Waals surface area contributed by atoms with Crippen molar-refractivity contribution in [2.75, 3.05) is 23.8 Å². The van der Waals surface area contributed by atoms with E-state index in [9.17, 15) is 14.4 Å². The number of amides is 2. The Hall–Kier alpha value is -3.03. The van der Waals surface area contributed by atoms with Crippen LogP contribution in [0.5, 0.6) is 11.5 Å². The molecule has 0 saturated heterocycles. The molecule has 0 unspecified atom stereocenters. The van der Waals surface area contributed by atoms with Gasteiger partial charge in [-0.1, -0.05) is 0 Å². The van der Waals surface area contributed by atoms with Gasteiger partial charge in [-0.05, 0) is 26.7 Å². The number of benzene rings is 1. The molecular formula is C18H22N2O6. The maximum atomic E-state index is 12.1. The third-order valence-electron chi connectivity index (χ3n) is 3.52. The van der Waals surface area contributed by atoms with Crippen molar-refractivity contribution in [2.24, 2.45) is 5.92 Å². The second-order valence-corrected chi connectivity index (χ2v) is 5.63. The summed E-state index contributed by atoms with van der Waals surface area (Å²) < 4.78 is 11.1. The summed E-state index contributed by atoms with van der Waals surface area (Å²) in [5.74, 6) is -1.15. The van der Waals surface area contributed by atoms with Gasteiger partial charge in [-0.2, -0.15) is 0 Å². The smallest absolute Gasteiger partial charge is 0.328 e. The number of carboxylic acids is 1. The summed E-state index contributed by atoms with van der Waals surface area (Å²) in [5.41, 5.74) is 0.783. The molecule has 0 heterocycles. The Labute approximate surface area is 151 Å². The lowest BCUT2D eigenvalue weighted by Gasteiger charge is -2.17. The van der Waals surface area contributed by atoms with E-state index >= 15 is 0 Å². The van der Waals surface area contributed by atoms with Gasteiger partial charge in [-0.15, -0.1) is 0 Å². The fraction of sp³-hybridized carbons (Fsp3) is 0.389. The van der Waals surface area contributed by atoms with Crippen LogP contribution < -0.4 is 20.1 Å². The Morgan fingerprint density at radius 3 is 2.04 bits per heavy atom. The number of carbonyl (C=O) groups excluding carboxylic acids is 2. The van der Waals surface area contributed by atoms with Crippen molar-refractivity contribution in [1.82, 2.24) is 0 Å². The van der Waals surface area contributed by atoms with Gasteiger partial charge in [0.25, 0.3) is 0 Å². The number of carbonyl (C=O) groups is 3. The minimum absolute atomic E-state index is 0.0283. The molecule has 1 aliphatic carbocycles. The highest BCUT2D eigenvalue weighted by molar-refractivity contribution is 6.04. The molecule has 0 bridgehead atoms. The maximum absolute atomic E-state index is 12.1. The molecule has 0 aliphatic heterocycles. The van der Waals surface area contributed by atoms with Gasteiger partial charge in [-0.25, -0.2) is 4.79 Å². The van der Waals surface area contributed by atoms with Gasteiger partial charge in [0.15, 0.2) is 0 Å². The quantitative estimate of drug-likeness (QED) is 0.581. The summed E-state index contributed by atoms with van der Waals surface area (Å²) in [5, 5.41) is 14.0. The Kier molecular flexibility index (Phi) is 6.60. The highest BCUT2D eigenvalue weighted by Gasteiger charge is 2.30. The molecule has 3 N–H and O–H groups in total. The largest absolute Gasteiger partial charge is 0.492 e. The van der Waals surface area contributed by atoms with Crippen molar-refractivity contribution >= 4 is 29.2 Å². The molecule has 1 aromatic carbocycles. The lowest BCUT2D eigenvalue weighted by atomic mass is 10.2. The maximum Gasteiger partial charge on any atom is 0.328 e. The summed E-state index contributed by atoms with van der Waals surface area (Å²) in [7, 11) is 0. The van der Waals surface area contributed by atoms with Crippen LogP contribution in [0.15, 0.2) is 24.3 Å². The van der Waals surface area contributed by atoms with Crippen LogP contribution in [0.25, 0.3) is 0 Å². The van der Waals surface area contributed by atoms with Crippen LogP contribution in [-0.4, -0.2) is 36.1 Å². The average molecular weight is 362 g/mol. The highest BCUT2D eigenvalue weighted by Crippen LogP contribution is 2.38. The topological polar surface area (TPSA) is 114 Å². The second kappa shape index (κ2) is 8.89. The van der Waals surface area contributed by atoms with Crippen LogP contribution in [0.2, 0.25) is 0 Å². The Bertz CT molecular complexity index is 725. The summed E-state index contributed by atoms with van der Waals surface area (Å²) >= 11 is 0. The Balaban J connectivity index is 2.29. The van der Waals surface area contributed by atoms with Crippen molar-refractivity contribution in [3.63, 3.8) is 0 Å². The van der Waals surface area contributed by atoms with Crippen LogP contribution in [-0.2, 0) is 14.4 Å². The van der Waals surface area contributed by atoms with Crippen molar-refractivity contribution < 1.29 is 29.0 Å². The first kappa shape index (κ1) is 19.3. The van der Waals surface area contributed by atoms with Gasteiger partial charge in [0.05, 0.1) is 24.6 Å². The predicted octanol–water partition coefficient (Wildman–Crippen LogP) is 2.41. The number of carboxylic acid groups (broad SMARTS) is 1. The van der Waals surface area contributed by atoms with E-state index in [2.05, 4.69) is 10.6 Å². The fourth-order valence-corrected chi connectivity index (χ4v) is 2.21. The molecule has 1 fully saturated rings. The summed E-state index contributed by atoms with van der Waals surface area (Å²) in [6.45, 7) is 4.30. The summed E-state index contributed by atoms with van der Waals surface area (Å²) in [6, 6.07) is 3.13. The second-order valence-electron chi connectivity index (χ2n) is 5.63. The number of hydrogen-bond donors (Lipinski definition) is 3. The molecule has 8 nitrogen and oxygen atoms in total. The van der Waals surface area contributed by atoms with E-state index in [-0.39, 0.29) is 11.8 Å². The SMILES string of the molecule is CCOc1cc(NC(=O)C2CC2)c(OCC)cc1NC(=O)C=CC(=O)O. The Morgan fingerprint density at radius 2 is 1.58 bits per heavy atom. The minimum atomic E-state index is -1.22. The molecule has 0 spiro atoms. The highest BCUT2D eigenvalue weighted by atomic mass is 16.5. The predicted molar refractivity (Wildman–Crippen MR) is 95.5 cm³/mol. The first-order chi connectivity index (χ1) is 12.4. The first-order valence-corrected chi connectivity index (χ1v) is 8.41. The molecule has 26 heavy (non-hydrogen) atoms. The molecule has 1 saturated carbocycles. The van der Waals surface area contributed by atoms with Gasteiger partial charge in [-0.3, -0.25) is 9.59 Å². The van der Waals surface area contributed by atoms with Crippen LogP contribution in [0, 0.1) is 5.92 Å². The van der Waals surface area contributed by atoms with Crippen molar-refractivity contribution in [3.8, 4) is 11.5 Å². The van der Waals surface area contributed by atoms with E-state index < -0.39 is 11.9 Å². The third-order valence-corrected chi connectivity index (χ3v) is 3.52. The van der Waals surface area contributed by atoms with Gasteiger partial charge in [0.1, 0.15) is 11.5 Å². The third kappa shape index (κ3) is 5.51. The first-order valence-electron chi connectivity index (χ1n) is 8.41.